The first-order valence-corrected chi connectivity index (χ1v) is 9.15. The SMILES string of the molecule is O=C1COc2cc(C(=O)OCC(=O)NC3CCCCCCC3)ccc2N1. The molecule has 0 bridgehead atoms. The highest BCUT2D eigenvalue weighted by atomic mass is 16.5. The van der Waals surface area contributed by atoms with Crippen molar-refractivity contribution in [1.82, 2.24) is 5.32 Å². The zero-order valence-electron chi connectivity index (χ0n) is 14.7. The van der Waals surface area contributed by atoms with Gasteiger partial charge in [-0.3, -0.25) is 9.59 Å². The highest BCUT2D eigenvalue weighted by molar-refractivity contribution is 5.97. The number of rotatable bonds is 4. The molecule has 0 aromatic heterocycles. The maximum absolute atomic E-state index is 12.1. The summed E-state index contributed by atoms with van der Waals surface area (Å²) in [6, 6.07) is 4.78. The molecule has 0 radical (unpaired) electrons. The van der Waals surface area contributed by atoms with E-state index in [1.807, 2.05) is 0 Å². The topological polar surface area (TPSA) is 93.7 Å². The normalized spacial score (nSPS) is 17.8. The van der Waals surface area contributed by atoms with E-state index in [0.717, 1.165) is 25.7 Å². The van der Waals surface area contributed by atoms with Crippen LogP contribution in [0.3, 0.4) is 0 Å². The summed E-state index contributed by atoms with van der Waals surface area (Å²) in [7, 11) is 0. The summed E-state index contributed by atoms with van der Waals surface area (Å²) >= 11 is 0. The molecule has 0 unspecified atom stereocenters. The van der Waals surface area contributed by atoms with Crippen molar-refractivity contribution in [2.24, 2.45) is 0 Å². The summed E-state index contributed by atoms with van der Waals surface area (Å²) in [5, 5.41) is 5.61. The first-order valence-electron chi connectivity index (χ1n) is 9.15. The fourth-order valence-corrected chi connectivity index (χ4v) is 3.29. The van der Waals surface area contributed by atoms with E-state index in [9.17, 15) is 14.4 Å². The van der Waals surface area contributed by atoms with Gasteiger partial charge in [0.05, 0.1) is 11.3 Å². The third kappa shape index (κ3) is 4.97. The van der Waals surface area contributed by atoms with Gasteiger partial charge in [0.15, 0.2) is 13.2 Å². The molecule has 1 saturated carbocycles. The lowest BCUT2D eigenvalue weighted by Crippen LogP contribution is -2.38. The van der Waals surface area contributed by atoms with E-state index in [1.54, 1.807) is 6.07 Å². The van der Waals surface area contributed by atoms with Crippen molar-refractivity contribution in [3.05, 3.63) is 23.8 Å². The van der Waals surface area contributed by atoms with Crippen molar-refractivity contribution in [2.45, 2.75) is 51.0 Å². The molecule has 0 saturated heterocycles. The van der Waals surface area contributed by atoms with E-state index in [2.05, 4.69) is 10.6 Å². The third-order valence-corrected chi connectivity index (χ3v) is 4.65. The lowest BCUT2D eigenvalue weighted by Gasteiger charge is -2.21. The number of nitrogens with one attached hydrogen (secondary N) is 2. The van der Waals surface area contributed by atoms with Gasteiger partial charge in [0.2, 0.25) is 0 Å². The van der Waals surface area contributed by atoms with Crippen LogP contribution in [-0.4, -0.2) is 37.0 Å². The molecular formula is C19H24N2O5. The second kappa shape index (κ2) is 8.69. The average Bonchev–Trinajstić information content (AvgIpc) is 2.61. The highest BCUT2D eigenvalue weighted by Crippen LogP contribution is 2.28. The molecule has 0 spiro atoms. The van der Waals surface area contributed by atoms with Crippen LogP contribution in [0.25, 0.3) is 0 Å². The van der Waals surface area contributed by atoms with Crippen LogP contribution in [0.15, 0.2) is 18.2 Å². The van der Waals surface area contributed by atoms with Crippen molar-refractivity contribution >= 4 is 23.5 Å². The molecular weight excluding hydrogens is 336 g/mol. The molecule has 1 aliphatic carbocycles. The van der Waals surface area contributed by atoms with E-state index in [4.69, 9.17) is 9.47 Å². The largest absolute Gasteiger partial charge is 0.482 e. The summed E-state index contributed by atoms with van der Waals surface area (Å²) in [6.07, 6.45) is 7.89. The quantitative estimate of drug-likeness (QED) is 0.804. The smallest absolute Gasteiger partial charge is 0.338 e. The van der Waals surface area contributed by atoms with E-state index in [-0.39, 0.29) is 36.6 Å². The Balaban J connectivity index is 1.48. The minimum Gasteiger partial charge on any atom is -0.482 e. The van der Waals surface area contributed by atoms with Gasteiger partial charge >= 0.3 is 5.97 Å². The molecule has 26 heavy (non-hydrogen) atoms. The molecule has 7 heteroatoms. The summed E-state index contributed by atoms with van der Waals surface area (Å²) < 4.78 is 10.4. The second-order valence-corrected chi connectivity index (χ2v) is 6.73. The molecule has 3 rings (SSSR count). The molecule has 1 aromatic carbocycles. The number of fused-ring (bicyclic) bond motifs is 1. The minimum atomic E-state index is -0.596. The summed E-state index contributed by atoms with van der Waals surface area (Å²) in [5.41, 5.74) is 0.790. The predicted octanol–water partition coefficient (Wildman–Crippen LogP) is 2.40. The Morgan fingerprint density at radius 2 is 1.88 bits per heavy atom. The van der Waals surface area contributed by atoms with Crippen LogP contribution in [0.5, 0.6) is 5.75 Å². The predicted molar refractivity (Wildman–Crippen MR) is 95.1 cm³/mol. The number of benzene rings is 1. The Labute approximate surface area is 152 Å². The van der Waals surface area contributed by atoms with Crippen LogP contribution >= 0.6 is 0 Å². The monoisotopic (exact) mass is 360 g/mol. The highest BCUT2D eigenvalue weighted by Gasteiger charge is 2.19. The van der Waals surface area contributed by atoms with Gasteiger partial charge in [-0.15, -0.1) is 0 Å². The number of ether oxygens (including phenoxy) is 2. The van der Waals surface area contributed by atoms with Crippen LogP contribution < -0.4 is 15.4 Å². The van der Waals surface area contributed by atoms with Gasteiger partial charge in [-0.2, -0.15) is 0 Å². The van der Waals surface area contributed by atoms with Crippen LogP contribution in [0, 0.1) is 0 Å². The number of amides is 2. The maximum atomic E-state index is 12.1. The number of carbonyl (C=O) groups is 3. The van der Waals surface area contributed by atoms with Crippen LogP contribution in [0.1, 0.15) is 55.3 Å². The fourth-order valence-electron chi connectivity index (χ4n) is 3.29. The van der Waals surface area contributed by atoms with E-state index in [1.165, 1.54) is 31.4 Å². The maximum Gasteiger partial charge on any atom is 0.338 e. The van der Waals surface area contributed by atoms with Crippen molar-refractivity contribution in [1.29, 1.82) is 0 Å². The van der Waals surface area contributed by atoms with Gasteiger partial charge in [-0.05, 0) is 31.0 Å². The molecule has 1 aromatic rings. The van der Waals surface area contributed by atoms with Gasteiger partial charge < -0.3 is 20.1 Å². The first kappa shape index (κ1) is 18.2. The Kier molecular flexibility index (Phi) is 6.09. The van der Waals surface area contributed by atoms with E-state index in [0.29, 0.717) is 11.4 Å². The molecule has 7 nitrogen and oxygen atoms in total. The Bertz CT molecular complexity index is 681. The van der Waals surface area contributed by atoms with Crippen LogP contribution in [-0.2, 0) is 14.3 Å². The third-order valence-electron chi connectivity index (χ3n) is 4.65. The summed E-state index contributed by atoms with van der Waals surface area (Å²) in [6.45, 7) is -0.390. The number of hydrogen-bond acceptors (Lipinski definition) is 5. The van der Waals surface area contributed by atoms with Gasteiger partial charge in [-0.1, -0.05) is 32.1 Å². The number of esters is 1. The lowest BCUT2D eigenvalue weighted by molar-refractivity contribution is -0.125. The van der Waals surface area contributed by atoms with Gasteiger partial charge in [0, 0.05) is 6.04 Å². The van der Waals surface area contributed by atoms with Gasteiger partial charge in [0.25, 0.3) is 11.8 Å². The standard InChI is InChI=1S/C19H24N2O5/c22-17(20-14-6-4-2-1-3-5-7-14)12-26-19(24)13-8-9-15-16(10-13)25-11-18(23)21-15/h8-10,14H,1-7,11-12H2,(H,20,22)(H,21,23). The average molecular weight is 360 g/mol. The zero-order chi connectivity index (χ0) is 18.4. The van der Waals surface area contributed by atoms with Crippen molar-refractivity contribution in [2.75, 3.05) is 18.5 Å². The molecule has 2 N–H and O–H groups in total. The molecule has 1 heterocycles. The van der Waals surface area contributed by atoms with E-state index < -0.39 is 5.97 Å². The van der Waals surface area contributed by atoms with E-state index >= 15 is 0 Å². The molecule has 140 valence electrons. The minimum absolute atomic E-state index is 0.0880. The van der Waals surface area contributed by atoms with Gasteiger partial charge in [-0.25, -0.2) is 4.79 Å². The molecule has 2 amide bonds. The second-order valence-electron chi connectivity index (χ2n) is 6.73. The molecule has 0 atom stereocenters. The van der Waals surface area contributed by atoms with Crippen LogP contribution in [0.2, 0.25) is 0 Å². The molecule has 1 aliphatic heterocycles. The van der Waals surface area contributed by atoms with Crippen LogP contribution in [0.4, 0.5) is 5.69 Å². The lowest BCUT2D eigenvalue weighted by atomic mass is 9.97. The van der Waals surface area contributed by atoms with Crippen molar-refractivity contribution in [3.8, 4) is 5.75 Å². The molecule has 1 fully saturated rings. The van der Waals surface area contributed by atoms with Crippen molar-refractivity contribution < 1.29 is 23.9 Å². The number of anilines is 1. The van der Waals surface area contributed by atoms with Gasteiger partial charge in [0.1, 0.15) is 5.75 Å². The molecule has 2 aliphatic rings. The fraction of sp³-hybridized carbons (Fsp3) is 0.526. The Hall–Kier alpha value is -2.57. The number of hydrogen-bond donors (Lipinski definition) is 2. The zero-order valence-corrected chi connectivity index (χ0v) is 14.7. The Morgan fingerprint density at radius 1 is 1.15 bits per heavy atom. The Morgan fingerprint density at radius 3 is 2.65 bits per heavy atom. The summed E-state index contributed by atoms with van der Waals surface area (Å²) in [5.74, 6) is -0.691. The van der Waals surface area contributed by atoms with Crippen molar-refractivity contribution in [3.63, 3.8) is 0 Å². The number of carbonyl (C=O) groups excluding carboxylic acids is 3. The first-order chi connectivity index (χ1) is 12.6. The summed E-state index contributed by atoms with van der Waals surface area (Å²) in [4.78, 5) is 35.5.